The van der Waals surface area contributed by atoms with Crippen LogP contribution in [0.25, 0.3) is 6.08 Å². The fourth-order valence-electron chi connectivity index (χ4n) is 1.32. The van der Waals surface area contributed by atoms with E-state index in [1.807, 2.05) is 18.2 Å². The van der Waals surface area contributed by atoms with Crippen molar-refractivity contribution < 1.29 is 9.53 Å². The maximum Gasteiger partial charge on any atom is 0.264 e. The Morgan fingerprint density at radius 1 is 1.41 bits per heavy atom. The fraction of sp³-hybridized carbons (Fsp3) is 0.231. The van der Waals surface area contributed by atoms with Crippen molar-refractivity contribution in [2.75, 3.05) is 21.2 Å². The van der Waals surface area contributed by atoms with Crippen LogP contribution in [0.3, 0.4) is 0 Å². The molecule has 1 aromatic carbocycles. The molecule has 4 nitrogen and oxygen atoms in total. The minimum Gasteiger partial charge on any atom is -0.496 e. The van der Waals surface area contributed by atoms with Gasteiger partial charge in [0.2, 0.25) is 0 Å². The summed E-state index contributed by atoms with van der Waals surface area (Å²) in [6.07, 6.45) is 1.53. The van der Waals surface area contributed by atoms with Crippen LogP contribution in [0.1, 0.15) is 5.56 Å². The van der Waals surface area contributed by atoms with E-state index in [0.29, 0.717) is 11.3 Å². The number of likely N-dealkylation sites (N-methyl/N-ethyl adjacent to an activating group) is 1. The van der Waals surface area contributed by atoms with E-state index in [1.54, 1.807) is 33.3 Å². The number of amides is 1. The number of carbonyl (C=O) groups excluding carboxylic acids is 1. The molecule has 1 amide bonds. The van der Waals surface area contributed by atoms with Crippen LogP contribution in [0.15, 0.2) is 29.8 Å². The maximum atomic E-state index is 11.7. The van der Waals surface area contributed by atoms with Gasteiger partial charge in [-0.25, -0.2) is 0 Å². The van der Waals surface area contributed by atoms with E-state index in [1.165, 1.54) is 11.0 Å². The molecule has 0 heterocycles. The highest BCUT2D eigenvalue weighted by Crippen LogP contribution is 2.20. The number of nitriles is 1. The van der Waals surface area contributed by atoms with E-state index < -0.39 is 0 Å². The molecular weight excluding hydrogens is 216 g/mol. The first-order chi connectivity index (χ1) is 8.10. The molecule has 0 aliphatic carbocycles. The lowest BCUT2D eigenvalue weighted by molar-refractivity contribution is -0.124. The molecule has 0 saturated carbocycles. The number of hydrogen-bond donors (Lipinski definition) is 0. The van der Waals surface area contributed by atoms with Gasteiger partial charge in [-0.3, -0.25) is 4.79 Å². The molecule has 0 aromatic heterocycles. The number of carbonyl (C=O) groups is 1. The molecule has 0 atom stereocenters. The molecule has 1 rings (SSSR count). The Hall–Kier alpha value is -2.28. The van der Waals surface area contributed by atoms with Crippen LogP contribution in [0, 0.1) is 11.3 Å². The summed E-state index contributed by atoms with van der Waals surface area (Å²) < 4.78 is 5.15. The van der Waals surface area contributed by atoms with Crippen LogP contribution >= 0.6 is 0 Å². The molecular formula is C13H14N2O2. The number of hydrogen-bond acceptors (Lipinski definition) is 3. The summed E-state index contributed by atoms with van der Waals surface area (Å²) in [5.41, 5.74) is 0.793. The Morgan fingerprint density at radius 3 is 2.59 bits per heavy atom. The maximum absolute atomic E-state index is 11.7. The van der Waals surface area contributed by atoms with Crippen LogP contribution in [-0.4, -0.2) is 32.0 Å². The summed E-state index contributed by atoms with van der Waals surface area (Å²) in [6.45, 7) is 0. The third-order valence-corrected chi connectivity index (χ3v) is 2.20. The molecule has 0 radical (unpaired) electrons. The summed E-state index contributed by atoms with van der Waals surface area (Å²) in [5, 5.41) is 8.96. The average molecular weight is 230 g/mol. The number of para-hydroxylation sites is 1. The molecule has 0 spiro atoms. The highest BCUT2D eigenvalue weighted by molar-refractivity contribution is 6.01. The minimum atomic E-state index is -0.321. The monoisotopic (exact) mass is 230 g/mol. The highest BCUT2D eigenvalue weighted by atomic mass is 16.5. The normalized spacial score (nSPS) is 10.6. The largest absolute Gasteiger partial charge is 0.496 e. The van der Waals surface area contributed by atoms with E-state index in [-0.39, 0.29) is 11.5 Å². The van der Waals surface area contributed by atoms with E-state index in [0.717, 1.165) is 0 Å². The third kappa shape index (κ3) is 3.08. The van der Waals surface area contributed by atoms with Gasteiger partial charge in [-0.05, 0) is 12.1 Å². The van der Waals surface area contributed by atoms with E-state index in [9.17, 15) is 4.79 Å². The molecule has 0 bridgehead atoms. The zero-order valence-corrected chi connectivity index (χ0v) is 10.1. The molecule has 0 N–H and O–H groups in total. The summed E-state index contributed by atoms with van der Waals surface area (Å²) in [6, 6.07) is 9.12. The van der Waals surface area contributed by atoms with Gasteiger partial charge in [-0.2, -0.15) is 5.26 Å². The van der Waals surface area contributed by atoms with E-state index >= 15 is 0 Å². The quantitative estimate of drug-likeness (QED) is 0.586. The number of benzene rings is 1. The Morgan fingerprint density at radius 2 is 2.06 bits per heavy atom. The van der Waals surface area contributed by atoms with Gasteiger partial charge in [0.15, 0.2) is 0 Å². The summed E-state index contributed by atoms with van der Waals surface area (Å²) >= 11 is 0. The average Bonchev–Trinajstić information content (AvgIpc) is 2.35. The van der Waals surface area contributed by atoms with Gasteiger partial charge in [0.05, 0.1) is 7.11 Å². The van der Waals surface area contributed by atoms with Crippen molar-refractivity contribution >= 4 is 12.0 Å². The molecule has 88 valence electrons. The van der Waals surface area contributed by atoms with Crippen LogP contribution < -0.4 is 4.74 Å². The van der Waals surface area contributed by atoms with Gasteiger partial charge in [0.25, 0.3) is 5.91 Å². The molecule has 0 aliphatic heterocycles. The number of rotatable bonds is 3. The van der Waals surface area contributed by atoms with Crippen molar-refractivity contribution in [2.45, 2.75) is 0 Å². The Bertz CT molecular complexity index is 484. The lowest BCUT2D eigenvalue weighted by Gasteiger charge is -2.09. The second-order valence-corrected chi connectivity index (χ2v) is 3.61. The van der Waals surface area contributed by atoms with Crippen LogP contribution in [-0.2, 0) is 4.79 Å². The minimum absolute atomic E-state index is 0.0829. The van der Waals surface area contributed by atoms with E-state index in [4.69, 9.17) is 10.00 Å². The zero-order valence-electron chi connectivity index (χ0n) is 10.1. The first kappa shape index (κ1) is 12.8. The lowest BCUT2D eigenvalue weighted by atomic mass is 10.1. The molecule has 0 saturated heterocycles. The molecule has 4 heteroatoms. The van der Waals surface area contributed by atoms with Crippen LogP contribution in [0.4, 0.5) is 0 Å². The van der Waals surface area contributed by atoms with Crippen molar-refractivity contribution in [3.63, 3.8) is 0 Å². The second-order valence-electron chi connectivity index (χ2n) is 3.61. The number of methoxy groups -OCH3 is 1. The molecule has 1 aromatic rings. The zero-order chi connectivity index (χ0) is 12.8. The highest BCUT2D eigenvalue weighted by Gasteiger charge is 2.11. The van der Waals surface area contributed by atoms with Gasteiger partial charge in [-0.15, -0.1) is 0 Å². The van der Waals surface area contributed by atoms with Gasteiger partial charge in [0.1, 0.15) is 17.4 Å². The molecule has 0 fully saturated rings. The smallest absolute Gasteiger partial charge is 0.264 e. The topological polar surface area (TPSA) is 53.3 Å². The van der Waals surface area contributed by atoms with Crippen molar-refractivity contribution in [3.8, 4) is 11.8 Å². The predicted molar refractivity (Wildman–Crippen MR) is 65.3 cm³/mol. The van der Waals surface area contributed by atoms with Crippen molar-refractivity contribution in [1.29, 1.82) is 5.26 Å². The Kier molecular flexibility index (Phi) is 4.29. The molecule has 0 unspecified atom stereocenters. The van der Waals surface area contributed by atoms with Crippen molar-refractivity contribution in [1.82, 2.24) is 4.90 Å². The van der Waals surface area contributed by atoms with Crippen LogP contribution in [0.5, 0.6) is 5.75 Å². The summed E-state index contributed by atoms with van der Waals surface area (Å²) in [7, 11) is 4.76. The van der Waals surface area contributed by atoms with Gasteiger partial charge < -0.3 is 9.64 Å². The second kappa shape index (κ2) is 5.71. The molecule has 17 heavy (non-hydrogen) atoms. The van der Waals surface area contributed by atoms with E-state index in [2.05, 4.69) is 0 Å². The standard InChI is InChI=1S/C13H14N2O2/c1-15(2)13(16)11(9-14)8-10-6-4-5-7-12(10)17-3/h4-8H,1-3H3/b11-8-. The van der Waals surface area contributed by atoms with Crippen molar-refractivity contribution in [2.24, 2.45) is 0 Å². The van der Waals surface area contributed by atoms with Crippen LogP contribution in [0.2, 0.25) is 0 Å². The summed E-state index contributed by atoms with van der Waals surface area (Å²) in [5.74, 6) is 0.310. The molecule has 0 aliphatic rings. The lowest BCUT2D eigenvalue weighted by Crippen LogP contribution is -2.22. The first-order valence-electron chi connectivity index (χ1n) is 5.06. The number of nitrogens with zero attached hydrogens (tertiary/aromatic N) is 2. The number of ether oxygens (including phenoxy) is 1. The van der Waals surface area contributed by atoms with Crippen molar-refractivity contribution in [3.05, 3.63) is 35.4 Å². The Labute approximate surface area is 101 Å². The van der Waals surface area contributed by atoms with Gasteiger partial charge in [0, 0.05) is 19.7 Å². The first-order valence-corrected chi connectivity index (χ1v) is 5.06. The third-order valence-electron chi connectivity index (χ3n) is 2.20. The fourth-order valence-corrected chi connectivity index (χ4v) is 1.32. The van der Waals surface area contributed by atoms with Gasteiger partial charge in [-0.1, -0.05) is 18.2 Å². The van der Waals surface area contributed by atoms with Gasteiger partial charge >= 0.3 is 0 Å². The Balaban J connectivity index is 3.16. The summed E-state index contributed by atoms with van der Waals surface area (Å²) in [4.78, 5) is 13.0. The SMILES string of the molecule is COc1ccccc1/C=C(/C#N)C(=O)N(C)C. The predicted octanol–water partition coefficient (Wildman–Crippen LogP) is 1.69.